The molecule has 1 N–H and O–H groups in total. The normalized spacial score (nSPS) is 12.1. The molecular formula is C27H28Cl2N4O6S. The number of hydrogen-bond donors (Lipinski definition) is 1. The number of amides is 2. The lowest BCUT2D eigenvalue weighted by Gasteiger charge is -2.32. The first kappa shape index (κ1) is 30.9. The number of nitrogens with zero attached hydrogens (tertiary/aromatic N) is 3. The summed E-state index contributed by atoms with van der Waals surface area (Å²) in [5.74, 6) is -1.17. The Morgan fingerprint density at radius 3 is 2.23 bits per heavy atom. The number of hydrogen-bond acceptors (Lipinski definition) is 6. The van der Waals surface area contributed by atoms with Crippen LogP contribution in [0.1, 0.15) is 26.3 Å². The molecule has 0 spiro atoms. The molecule has 1 unspecified atom stereocenters. The van der Waals surface area contributed by atoms with Crippen molar-refractivity contribution in [3.05, 3.63) is 98.5 Å². The van der Waals surface area contributed by atoms with E-state index in [0.29, 0.717) is 10.6 Å². The molecule has 212 valence electrons. The molecule has 3 aromatic rings. The molecule has 0 radical (unpaired) electrons. The number of nitro benzene ring substituents is 1. The average molecular weight is 608 g/mol. The molecule has 13 heteroatoms. The van der Waals surface area contributed by atoms with E-state index in [2.05, 4.69) is 5.32 Å². The van der Waals surface area contributed by atoms with Gasteiger partial charge in [0.25, 0.3) is 15.7 Å². The number of rotatable bonds is 11. The highest BCUT2D eigenvalue weighted by Gasteiger charge is 2.33. The van der Waals surface area contributed by atoms with Gasteiger partial charge in [-0.25, -0.2) is 8.42 Å². The van der Waals surface area contributed by atoms with Crippen LogP contribution >= 0.6 is 23.2 Å². The standard InChI is InChI=1S/C27H28Cl2N4O6S/c1-18(2)30-27(35)19(3)31(16-20-12-13-24(28)25(29)14-20)26(34)17-32(21-8-7-9-22(15-21)33(36)37)40(38,39)23-10-5-4-6-11-23/h4-15,18-19H,16-17H2,1-3H3,(H,30,35). The van der Waals surface area contributed by atoms with E-state index in [1.807, 2.05) is 0 Å². The van der Waals surface area contributed by atoms with Gasteiger partial charge in [-0.3, -0.25) is 24.0 Å². The minimum Gasteiger partial charge on any atom is -0.352 e. The van der Waals surface area contributed by atoms with Gasteiger partial charge in [0.1, 0.15) is 12.6 Å². The Kier molecular flexibility index (Phi) is 10.1. The summed E-state index contributed by atoms with van der Waals surface area (Å²) in [6, 6.07) is 15.9. The van der Waals surface area contributed by atoms with Gasteiger partial charge in [-0.2, -0.15) is 0 Å². The van der Waals surface area contributed by atoms with Gasteiger partial charge >= 0.3 is 0 Å². The van der Waals surface area contributed by atoms with Crippen molar-refractivity contribution in [2.24, 2.45) is 0 Å². The van der Waals surface area contributed by atoms with Crippen LogP contribution < -0.4 is 9.62 Å². The van der Waals surface area contributed by atoms with Crippen LogP contribution in [0, 0.1) is 10.1 Å². The number of anilines is 1. The summed E-state index contributed by atoms with van der Waals surface area (Å²) >= 11 is 12.2. The lowest BCUT2D eigenvalue weighted by atomic mass is 10.1. The molecule has 3 aromatic carbocycles. The Balaban J connectivity index is 2.08. The highest BCUT2D eigenvalue weighted by molar-refractivity contribution is 7.92. The fraction of sp³-hybridized carbons (Fsp3) is 0.259. The number of carbonyl (C=O) groups is 2. The molecule has 0 aromatic heterocycles. The summed E-state index contributed by atoms with van der Waals surface area (Å²) in [5, 5.41) is 14.7. The van der Waals surface area contributed by atoms with Crippen molar-refractivity contribution in [3.8, 4) is 0 Å². The predicted molar refractivity (Wildman–Crippen MR) is 154 cm³/mol. The van der Waals surface area contributed by atoms with E-state index in [1.165, 1.54) is 54.3 Å². The van der Waals surface area contributed by atoms with E-state index in [1.54, 1.807) is 38.1 Å². The zero-order valence-electron chi connectivity index (χ0n) is 22.0. The van der Waals surface area contributed by atoms with Crippen LogP contribution in [0.25, 0.3) is 0 Å². The Bertz CT molecular complexity index is 1500. The molecule has 0 heterocycles. The third-order valence-electron chi connectivity index (χ3n) is 5.87. The Hall–Kier alpha value is -3.67. The molecule has 0 fully saturated rings. The van der Waals surface area contributed by atoms with Gasteiger partial charge in [-0.1, -0.05) is 53.5 Å². The lowest BCUT2D eigenvalue weighted by Crippen LogP contribution is -2.52. The summed E-state index contributed by atoms with van der Waals surface area (Å²) in [4.78, 5) is 38.7. The first-order valence-electron chi connectivity index (χ1n) is 12.2. The lowest BCUT2D eigenvalue weighted by molar-refractivity contribution is -0.384. The Labute approximate surface area is 242 Å². The second-order valence-corrected chi connectivity index (χ2v) is 11.9. The zero-order chi connectivity index (χ0) is 29.6. The zero-order valence-corrected chi connectivity index (χ0v) is 24.3. The van der Waals surface area contributed by atoms with Gasteiger partial charge in [0.15, 0.2) is 0 Å². The van der Waals surface area contributed by atoms with E-state index in [-0.39, 0.29) is 33.9 Å². The molecule has 0 aliphatic rings. The van der Waals surface area contributed by atoms with Crippen LogP contribution in [0.3, 0.4) is 0 Å². The number of nitrogens with one attached hydrogen (secondary N) is 1. The van der Waals surface area contributed by atoms with E-state index in [9.17, 15) is 28.1 Å². The number of carbonyl (C=O) groups excluding carboxylic acids is 2. The summed E-state index contributed by atoms with van der Waals surface area (Å²) in [5.41, 5.74) is 0.121. The maximum absolute atomic E-state index is 13.9. The summed E-state index contributed by atoms with van der Waals surface area (Å²) in [6.07, 6.45) is 0. The molecule has 40 heavy (non-hydrogen) atoms. The molecular weight excluding hydrogens is 579 g/mol. The molecule has 0 saturated heterocycles. The quantitative estimate of drug-likeness (QED) is 0.240. The van der Waals surface area contributed by atoms with Gasteiger partial charge in [0.05, 0.1) is 25.6 Å². The number of halogens is 2. The first-order valence-corrected chi connectivity index (χ1v) is 14.4. The Morgan fingerprint density at radius 2 is 1.62 bits per heavy atom. The van der Waals surface area contributed by atoms with Gasteiger partial charge in [-0.05, 0) is 56.7 Å². The summed E-state index contributed by atoms with van der Waals surface area (Å²) in [6.45, 7) is 4.24. The molecule has 3 rings (SSSR count). The van der Waals surface area contributed by atoms with Crippen molar-refractivity contribution in [1.29, 1.82) is 0 Å². The van der Waals surface area contributed by atoms with Gasteiger partial charge < -0.3 is 10.2 Å². The summed E-state index contributed by atoms with van der Waals surface area (Å²) < 4.78 is 28.3. The maximum atomic E-state index is 13.9. The highest BCUT2D eigenvalue weighted by atomic mass is 35.5. The minimum atomic E-state index is -4.35. The molecule has 10 nitrogen and oxygen atoms in total. The molecule has 0 bridgehead atoms. The molecule has 0 saturated carbocycles. The number of benzene rings is 3. The Morgan fingerprint density at radius 1 is 0.950 bits per heavy atom. The van der Waals surface area contributed by atoms with Crippen molar-refractivity contribution in [3.63, 3.8) is 0 Å². The average Bonchev–Trinajstić information content (AvgIpc) is 2.91. The van der Waals surface area contributed by atoms with Crippen LogP contribution in [-0.2, 0) is 26.2 Å². The van der Waals surface area contributed by atoms with Crippen molar-refractivity contribution in [1.82, 2.24) is 10.2 Å². The first-order chi connectivity index (χ1) is 18.8. The van der Waals surface area contributed by atoms with Crippen LogP contribution in [-0.4, -0.2) is 48.7 Å². The van der Waals surface area contributed by atoms with Gasteiger partial charge in [0, 0.05) is 24.7 Å². The monoisotopic (exact) mass is 606 g/mol. The maximum Gasteiger partial charge on any atom is 0.271 e. The third-order valence-corrected chi connectivity index (χ3v) is 8.40. The van der Waals surface area contributed by atoms with Crippen molar-refractivity contribution < 1.29 is 22.9 Å². The second kappa shape index (κ2) is 13.1. The number of nitro groups is 1. The highest BCUT2D eigenvalue weighted by Crippen LogP contribution is 2.28. The van der Waals surface area contributed by atoms with Crippen molar-refractivity contribution in [2.75, 3.05) is 10.8 Å². The fourth-order valence-electron chi connectivity index (χ4n) is 3.83. The van der Waals surface area contributed by atoms with Crippen molar-refractivity contribution in [2.45, 2.75) is 44.3 Å². The van der Waals surface area contributed by atoms with Gasteiger partial charge in [0.2, 0.25) is 11.8 Å². The smallest absolute Gasteiger partial charge is 0.271 e. The molecule has 2 amide bonds. The topological polar surface area (TPSA) is 130 Å². The van der Waals surface area contributed by atoms with E-state index in [4.69, 9.17) is 23.2 Å². The molecule has 0 aliphatic carbocycles. The fourth-order valence-corrected chi connectivity index (χ4v) is 5.58. The number of sulfonamides is 1. The number of non-ortho nitro benzene ring substituents is 1. The van der Waals surface area contributed by atoms with Crippen LogP contribution in [0.15, 0.2) is 77.7 Å². The summed E-state index contributed by atoms with van der Waals surface area (Å²) in [7, 11) is -4.35. The third kappa shape index (κ3) is 7.50. The van der Waals surface area contributed by atoms with E-state index in [0.717, 1.165) is 10.4 Å². The second-order valence-electron chi connectivity index (χ2n) is 9.21. The van der Waals surface area contributed by atoms with Crippen LogP contribution in [0.2, 0.25) is 10.0 Å². The van der Waals surface area contributed by atoms with Crippen molar-refractivity contribution >= 4 is 56.4 Å². The van der Waals surface area contributed by atoms with Gasteiger partial charge in [-0.15, -0.1) is 0 Å². The molecule has 0 aliphatic heterocycles. The van der Waals surface area contributed by atoms with Crippen LogP contribution in [0.4, 0.5) is 11.4 Å². The predicted octanol–water partition coefficient (Wildman–Crippen LogP) is 5.04. The van der Waals surface area contributed by atoms with E-state index >= 15 is 0 Å². The minimum absolute atomic E-state index is 0.0832. The SMILES string of the molecule is CC(C)NC(=O)C(C)N(Cc1ccc(Cl)c(Cl)c1)C(=O)CN(c1cccc([N+](=O)[O-])c1)S(=O)(=O)c1ccccc1. The van der Waals surface area contributed by atoms with E-state index < -0.39 is 39.3 Å². The van der Waals surface area contributed by atoms with Crippen LogP contribution in [0.5, 0.6) is 0 Å². The largest absolute Gasteiger partial charge is 0.352 e. The molecule has 1 atom stereocenters.